The van der Waals surface area contributed by atoms with Crippen LogP contribution >= 0.6 is 0 Å². The number of rotatable bonds is 5. The number of carbonyl (C=O) groups is 1. The van der Waals surface area contributed by atoms with Gasteiger partial charge >= 0.3 is 0 Å². The number of nitrogens with one attached hydrogen (secondary N) is 1. The summed E-state index contributed by atoms with van der Waals surface area (Å²) in [7, 11) is 0. The van der Waals surface area contributed by atoms with Crippen molar-refractivity contribution in [2.24, 2.45) is 5.92 Å². The molecule has 32 heavy (non-hydrogen) atoms. The average molecular weight is 433 g/mol. The van der Waals surface area contributed by atoms with Crippen molar-refractivity contribution in [1.82, 2.24) is 20.0 Å². The van der Waals surface area contributed by atoms with Crippen molar-refractivity contribution in [1.29, 1.82) is 0 Å². The van der Waals surface area contributed by atoms with E-state index in [1.807, 2.05) is 29.3 Å². The second-order valence-electron chi connectivity index (χ2n) is 9.14. The summed E-state index contributed by atoms with van der Waals surface area (Å²) in [4.78, 5) is 18.1. The molecule has 3 heterocycles. The van der Waals surface area contributed by atoms with Gasteiger partial charge in [-0.25, -0.2) is 0 Å². The fraction of sp³-hybridized carbons (Fsp3) is 0.462. The number of amides is 1. The minimum atomic E-state index is 0.134. The second-order valence-corrected chi connectivity index (χ2v) is 9.14. The normalized spacial score (nSPS) is 20.4. The van der Waals surface area contributed by atoms with Crippen molar-refractivity contribution in [2.45, 2.75) is 32.2 Å². The Morgan fingerprint density at radius 3 is 2.78 bits per heavy atom. The van der Waals surface area contributed by atoms with E-state index in [4.69, 9.17) is 4.74 Å². The number of hydrogen-bond donors (Lipinski definition) is 1. The number of fused-ring (bicyclic) bond motifs is 1. The van der Waals surface area contributed by atoms with Crippen LogP contribution in [0.2, 0.25) is 0 Å². The van der Waals surface area contributed by atoms with Crippen LogP contribution in [0.15, 0.2) is 48.7 Å². The lowest BCUT2D eigenvalue weighted by Gasteiger charge is -2.28. The molecule has 2 aromatic carbocycles. The van der Waals surface area contributed by atoms with Gasteiger partial charge in [-0.15, -0.1) is 0 Å². The fourth-order valence-electron chi connectivity index (χ4n) is 5.10. The topological polar surface area (TPSA) is 61.5 Å². The van der Waals surface area contributed by atoms with E-state index >= 15 is 0 Å². The van der Waals surface area contributed by atoms with Gasteiger partial charge in [0.05, 0.1) is 24.9 Å². The quantitative estimate of drug-likeness (QED) is 0.665. The van der Waals surface area contributed by atoms with Gasteiger partial charge in [0.2, 0.25) is 0 Å². The molecule has 1 aromatic heterocycles. The minimum absolute atomic E-state index is 0.134. The maximum absolute atomic E-state index is 13.6. The molecule has 0 spiro atoms. The zero-order chi connectivity index (χ0) is 21.8. The first-order valence-electron chi connectivity index (χ1n) is 11.9. The Morgan fingerprint density at radius 1 is 1.03 bits per heavy atom. The standard InChI is InChI=1S/C26H32N4O2/c31-26(23-9-3-2-7-22(23)18-29-11-4-1-5-12-29)30-13-14-32-19-20(17-30)15-21-8-6-10-25-24(21)16-27-28-25/h2-3,6-10,16,20H,1,4-5,11-15,17-19H2,(H,27,28)/t20-/m0/s1. The van der Waals surface area contributed by atoms with E-state index in [0.29, 0.717) is 26.3 Å². The molecule has 1 amide bonds. The fourth-order valence-corrected chi connectivity index (χ4v) is 5.10. The van der Waals surface area contributed by atoms with E-state index in [0.717, 1.165) is 48.1 Å². The van der Waals surface area contributed by atoms with E-state index in [9.17, 15) is 4.79 Å². The Kier molecular flexibility index (Phi) is 6.51. The molecule has 6 nitrogen and oxygen atoms in total. The van der Waals surface area contributed by atoms with Gasteiger partial charge in [0.15, 0.2) is 0 Å². The van der Waals surface area contributed by atoms with Crippen LogP contribution in [-0.4, -0.2) is 65.3 Å². The number of aromatic amines is 1. The molecule has 5 rings (SSSR count). The summed E-state index contributed by atoms with van der Waals surface area (Å²) < 4.78 is 5.92. The van der Waals surface area contributed by atoms with Crippen LogP contribution in [0.1, 0.15) is 40.7 Å². The third-order valence-corrected chi connectivity index (χ3v) is 6.80. The van der Waals surface area contributed by atoms with Crippen LogP contribution < -0.4 is 0 Å². The maximum Gasteiger partial charge on any atom is 0.254 e. The second kappa shape index (κ2) is 9.84. The van der Waals surface area contributed by atoms with Crippen LogP contribution in [-0.2, 0) is 17.7 Å². The highest BCUT2D eigenvalue weighted by Gasteiger charge is 2.26. The minimum Gasteiger partial charge on any atom is -0.379 e. The first kappa shape index (κ1) is 21.2. The van der Waals surface area contributed by atoms with Gasteiger partial charge in [-0.2, -0.15) is 5.10 Å². The summed E-state index contributed by atoms with van der Waals surface area (Å²) in [6.45, 7) is 5.73. The van der Waals surface area contributed by atoms with E-state index in [2.05, 4.69) is 39.4 Å². The predicted octanol–water partition coefficient (Wildman–Crippen LogP) is 3.88. The van der Waals surface area contributed by atoms with Crippen molar-refractivity contribution in [3.8, 4) is 0 Å². The van der Waals surface area contributed by atoms with Crippen molar-refractivity contribution < 1.29 is 9.53 Å². The molecule has 2 aliphatic heterocycles. The summed E-state index contributed by atoms with van der Waals surface area (Å²) >= 11 is 0. The predicted molar refractivity (Wildman–Crippen MR) is 126 cm³/mol. The molecular weight excluding hydrogens is 400 g/mol. The number of H-pyrrole nitrogens is 1. The maximum atomic E-state index is 13.6. The summed E-state index contributed by atoms with van der Waals surface area (Å²) in [6.07, 6.45) is 6.59. The number of hydrogen-bond acceptors (Lipinski definition) is 4. The monoisotopic (exact) mass is 432 g/mol. The summed E-state index contributed by atoms with van der Waals surface area (Å²) in [5.41, 5.74) is 4.29. The Balaban J connectivity index is 1.32. The number of ether oxygens (including phenoxy) is 1. The lowest BCUT2D eigenvalue weighted by atomic mass is 9.96. The Morgan fingerprint density at radius 2 is 1.88 bits per heavy atom. The molecule has 1 atom stereocenters. The van der Waals surface area contributed by atoms with E-state index in [1.165, 1.54) is 24.8 Å². The van der Waals surface area contributed by atoms with E-state index in [-0.39, 0.29) is 11.8 Å². The molecule has 2 fully saturated rings. The number of nitrogens with zero attached hydrogens (tertiary/aromatic N) is 3. The third-order valence-electron chi connectivity index (χ3n) is 6.80. The van der Waals surface area contributed by atoms with Crippen LogP contribution in [0, 0.1) is 5.92 Å². The third kappa shape index (κ3) is 4.71. The van der Waals surface area contributed by atoms with Gasteiger partial charge in [-0.05, 0) is 55.6 Å². The molecule has 2 saturated heterocycles. The number of likely N-dealkylation sites (tertiary alicyclic amines) is 1. The smallest absolute Gasteiger partial charge is 0.254 e. The van der Waals surface area contributed by atoms with E-state index < -0.39 is 0 Å². The van der Waals surface area contributed by atoms with Crippen LogP contribution in [0.4, 0.5) is 0 Å². The zero-order valence-electron chi connectivity index (χ0n) is 18.6. The first-order chi connectivity index (χ1) is 15.8. The lowest BCUT2D eigenvalue weighted by molar-refractivity contribution is 0.0734. The SMILES string of the molecule is O=C(c1ccccc1CN1CCCCC1)N1CCOC[C@@H](Cc2cccc3[nH]ncc23)C1. The van der Waals surface area contributed by atoms with Gasteiger partial charge in [0, 0.05) is 36.5 Å². The highest BCUT2D eigenvalue weighted by Crippen LogP contribution is 2.23. The van der Waals surface area contributed by atoms with Crippen molar-refractivity contribution >= 4 is 16.8 Å². The average Bonchev–Trinajstić information content (AvgIpc) is 3.20. The van der Waals surface area contributed by atoms with Gasteiger partial charge in [0.1, 0.15) is 0 Å². The van der Waals surface area contributed by atoms with Crippen LogP contribution in [0.3, 0.4) is 0 Å². The van der Waals surface area contributed by atoms with Gasteiger partial charge in [-0.1, -0.05) is 36.8 Å². The largest absolute Gasteiger partial charge is 0.379 e. The lowest BCUT2D eigenvalue weighted by Crippen LogP contribution is -2.37. The highest BCUT2D eigenvalue weighted by molar-refractivity contribution is 5.95. The zero-order valence-corrected chi connectivity index (χ0v) is 18.6. The number of piperidine rings is 1. The number of aromatic nitrogens is 2. The highest BCUT2D eigenvalue weighted by atomic mass is 16.5. The molecular formula is C26H32N4O2. The van der Waals surface area contributed by atoms with Crippen molar-refractivity contribution in [3.63, 3.8) is 0 Å². The molecule has 0 saturated carbocycles. The molecule has 6 heteroatoms. The molecule has 2 aliphatic rings. The summed E-state index contributed by atoms with van der Waals surface area (Å²) in [5, 5.41) is 8.39. The Bertz CT molecular complexity index is 1060. The molecule has 1 N–H and O–H groups in total. The number of benzene rings is 2. The van der Waals surface area contributed by atoms with Crippen molar-refractivity contribution in [2.75, 3.05) is 39.4 Å². The first-order valence-corrected chi connectivity index (χ1v) is 11.9. The summed E-state index contributed by atoms with van der Waals surface area (Å²) in [6, 6.07) is 14.4. The Hall–Kier alpha value is -2.70. The molecule has 0 aliphatic carbocycles. The van der Waals surface area contributed by atoms with Crippen LogP contribution in [0.5, 0.6) is 0 Å². The number of carbonyl (C=O) groups excluding carboxylic acids is 1. The van der Waals surface area contributed by atoms with Gasteiger partial charge < -0.3 is 9.64 Å². The van der Waals surface area contributed by atoms with Crippen LogP contribution in [0.25, 0.3) is 10.9 Å². The molecule has 168 valence electrons. The van der Waals surface area contributed by atoms with E-state index in [1.54, 1.807) is 0 Å². The Labute approximate surface area is 189 Å². The van der Waals surface area contributed by atoms with Crippen molar-refractivity contribution in [3.05, 3.63) is 65.4 Å². The molecule has 3 aromatic rings. The molecule has 0 unspecified atom stereocenters. The van der Waals surface area contributed by atoms with Gasteiger partial charge in [-0.3, -0.25) is 14.8 Å². The molecule has 0 radical (unpaired) electrons. The molecule has 0 bridgehead atoms. The summed E-state index contributed by atoms with van der Waals surface area (Å²) in [5.74, 6) is 0.394. The van der Waals surface area contributed by atoms with Gasteiger partial charge in [0.25, 0.3) is 5.91 Å².